The lowest BCUT2D eigenvalue weighted by molar-refractivity contribution is -0.0448. The van der Waals surface area contributed by atoms with Gasteiger partial charge in [0, 0.05) is 13.7 Å². The highest BCUT2D eigenvalue weighted by Gasteiger charge is 2.36. The molecule has 1 aliphatic heterocycles. The minimum absolute atomic E-state index is 0. The standard InChI is InChI=1S/C7H14FNO.ClH/c1-7(8)5-9-4-3-6(7)10-2;/h6,9H,3-5H2,1-2H3;1H. The second-order valence-corrected chi connectivity index (χ2v) is 2.97. The molecule has 11 heavy (non-hydrogen) atoms. The average Bonchev–Trinajstić information content (AvgIpc) is 1.87. The van der Waals surface area contributed by atoms with Gasteiger partial charge in [0.2, 0.25) is 0 Å². The summed E-state index contributed by atoms with van der Waals surface area (Å²) in [4.78, 5) is 0. The molecule has 1 saturated heterocycles. The summed E-state index contributed by atoms with van der Waals surface area (Å²) in [5.41, 5.74) is -1.19. The predicted octanol–water partition coefficient (Wildman–Crippen LogP) is 1.14. The van der Waals surface area contributed by atoms with E-state index in [0.29, 0.717) is 6.54 Å². The van der Waals surface area contributed by atoms with E-state index in [9.17, 15) is 4.39 Å². The second-order valence-electron chi connectivity index (χ2n) is 2.97. The third-order valence-corrected chi connectivity index (χ3v) is 2.01. The van der Waals surface area contributed by atoms with Crippen molar-refractivity contribution in [3.63, 3.8) is 0 Å². The van der Waals surface area contributed by atoms with Crippen molar-refractivity contribution in [1.29, 1.82) is 0 Å². The maximum absolute atomic E-state index is 13.3. The zero-order valence-electron chi connectivity index (χ0n) is 6.89. The Morgan fingerprint density at radius 1 is 1.64 bits per heavy atom. The van der Waals surface area contributed by atoms with Crippen LogP contribution in [0.25, 0.3) is 0 Å². The third-order valence-electron chi connectivity index (χ3n) is 2.01. The van der Waals surface area contributed by atoms with Crippen LogP contribution in [0.1, 0.15) is 13.3 Å². The summed E-state index contributed by atoms with van der Waals surface area (Å²) < 4.78 is 18.3. The van der Waals surface area contributed by atoms with Gasteiger partial charge in [0.15, 0.2) is 0 Å². The fourth-order valence-electron chi connectivity index (χ4n) is 1.34. The van der Waals surface area contributed by atoms with Gasteiger partial charge in [0.1, 0.15) is 5.67 Å². The highest BCUT2D eigenvalue weighted by Crippen LogP contribution is 2.22. The van der Waals surface area contributed by atoms with Gasteiger partial charge in [-0.3, -0.25) is 0 Å². The van der Waals surface area contributed by atoms with Crippen LogP contribution in [0.5, 0.6) is 0 Å². The molecule has 1 heterocycles. The molecule has 4 heteroatoms. The largest absolute Gasteiger partial charge is 0.378 e. The Hall–Kier alpha value is 0.140. The molecule has 0 radical (unpaired) electrons. The zero-order chi connectivity index (χ0) is 7.61. The maximum atomic E-state index is 13.3. The van der Waals surface area contributed by atoms with Crippen LogP contribution in [0.15, 0.2) is 0 Å². The Labute approximate surface area is 72.9 Å². The summed E-state index contributed by atoms with van der Waals surface area (Å²) in [5, 5.41) is 2.98. The van der Waals surface area contributed by atoms with Gasteiger partial charge in [-0.05, 0) is 19.9 Å². The first-order valence-electron chi connectivity index (χ1n) is 3.59. The summed E-state index contributed by atoms with van der Waals surface area (Å²) in [6.07, 6.45) is 0.539. The van der Waals surface area contributed by atoms with E-state index in [1.807, 2.05) is 0 Å². The number of hydrogen-bond donors (Lipinski definition) is 1. The van der Waals surface area contributed by atoms with Crippen LogP contribution in [0, 0.1) is 0 Å². The Morgan fingerprint density at radius 2 is 2.27 bits per heavy atom. The number of piperidine rings is 1. The maximum Gasteiger partial charge on any atom is 0.146 e. The van der Waals surface area contributed by atoms with Gasteiger partial charge in [0.25, 0.3) is 0 Å². The first kappa shape index (κ1) is 11.1. The highest BCUT2D eigenvalue weighted by molar-refractivity contribution is 5.85. The van der Waals surface area contributed by atoms with E-state index >= 15 is 0 Å². The highest BCUT2D eigenvalue weighted by atomic mass is 35.5. The van der Waals surface area contributed by atoms with Gasteiger partial charge in [0.05, 0.1) is 6.10 Å². The van der Waals surface area contributed by atoms with Crippen molar-refractivity contribution in [1.82, 2.24) is 5.32 Å². The van der Waals surface area contributed by atoms with Crippen molar-refractivity contribution in [2.24, 2.45) is 0 Å². The molecule has 1 N–H and O–H groups in total. The first-order valence-corrected chi connectivity index (χ1v) is 3.59. The van der Waals surface area contributed by atoms with Crippen molar-refractivity contribution in [3.05, 3.63) is 0 Å². The van der Waals surface area contributed by atoms with Crippen LogP contribution in [0.2, 0.25) is 0 Å². The molecule has 68 valence electrons. The molecule has 0 aromatic heterocycles. The van der Waals surface area contributed by atoms with Crippen LogP contribution < -0.4 is 5.32 Å². The first-order chi connectivity index (χ1) is 4.67. The fourth-order valence-corrected chi connectivity index (χ4v) is 1.34. The lowest BCUT2D eigenvalue weighted by Gasteiger charge is -2.33. The topological polar surface area (TPSA) is 21.3 Å². The molecule has 0 aliphatic carbocycles. The molecule has 2 atom stereocenters. The van der Waals surface area contributed by atoms with E-state index in [2.05, 4.69) is 5.32 Å². The van der Waals surface area contributed by atoms with Crippen molar-refractivity contribution in [3.8, 4) is 0 Å². The van der Waals surface area contributed by atoms with Crippen LogP contribution >= 0.6 is 12.4 Å². The van der Waals surface area contributed by atoms with E-state index in [1.54, 1.807) is 14.0 Å². The number of hydrogen-bond acceptors (Lipinski definition) is 2. The molecule has 1 rings (SSSR count). The van der Waals surface area contributed by atoms with Crippen LogP contribution in [-0.4, -0.2) is 32.0 Å². The van der Waals surface area contributed by atoms with Crippen LogP contribution in [0.4, 0.5) is 4.39 Å². The Kier molecular flexibility index (Phi) is 4.29. The smallest absolute Gasteiger partial charge is 0.146 e. The van der Waals surface area contributed by atoms with E-state index in [0.717, 1.165) is 13.0 Å². The molecule has 2 unspecified atom stereocenters. The number of rotatable bonds is 1. The molecule has 0 aromatic rings. The van der Waals surface area contributed by atoms with Gasteiger partial charge in [-0.1, -0.05) is 0 Å². The fraction of sp³-hybridized carbons (Fsp3) is 1.00. The quantitative estimate of drug-likeness (QED) is 0.659. The Morgan fingerprint density at radius 3 is 2.64 bits per heavy atom. The summed E-state index contributed by atoms with van der Waals surface area (Å²) in [5.74, 6) is 0. The lowest BCUT2D eigenvalue weighted by Crippen LogP contribution is -2.51. The molecule has 1 aliphatic rings. The van der Waals surface area contributed by atoms with Gasteiger partial charge >= 0.3 is 0 Å². The minimum Gasteiger partial charge on any atom is -0.378 e. The molecule has 1 fully saturated rings. The summed E-state index contributed by atoms with van der Waals surface area (Å²) in [6.45, 7) is 2.84. The van der Waals surface area contributed by atoms with E-state index in [1.165, 1.54) is 0 Å². The summed E-state index contributed by atoms with van der Waals surface area (Å²) >= 11 is 0. The van der Waals surface area contributed by atoms with E-state index < -0.39 is 5.67 Å². The van der Waals surface area contributed by atoms with Gasteiger partial charge in [-0.25, -0.2) is 4.39 Å². The average molecular weight is 184 g/mol. The molecular weight excluding hydrogens is 169 g/mol. The molecule has 0 bridgehead atoms. The summed E-state index contributed by atoms with van der Waals surface area (Å²) in [7, 11) is 1.56. The summed E-state index contributed by atoms with van der Waals surface area (Å²) in [6, 6.07) is 0. The van der Waals surface area contributed by atoms with Gasteiger partial charge < -0.3 is 10.1 Å². The third kappa shape index (κ3) is 2.58. The van der Waals surface area contributed by atoms with Crippen LogP contribution in [-0.2, 0) is 4.74 Å². The molecule has 0 aromatic carbocycles. The van der Waals surface area contributed by atoms with E-state index in [-0.39, 0.29) is 18.5 Å². The number of nitrogens with one attached hydrogen (secondary N) is 1. The zero-order valence-corrected chi connectivity index (χ0v) is 7.71. The van der Waals surface area contributed by atoms with Gasteiger partial charge in [-0.15, -0.1) is 12.4 Å². The SMILES string of the molecule is COC1CCNCC1(C)F.Cl. The number of ether oxygens (including phenoxy) is 1. The molecule has 2 nitrogen and oxygen atoms in total. The number of methoxy groups -OCH3 is 1. The van der Waals surface area contributed by atoms with Crippen molar-refractivity contribution in [2.45, 2.75) is 25.1 Å². The van der Waals surface area contributed by atoms with Gasteiger partial charge in [-0.2, -0.15) is 0 Å². The Bertz CT molecular complexity index is 121. The molecule has 0 amide bonds. The van der Waals surface area contributed by atoms with Crippen molar-refractivity contribution >= 4 is 12.4 Å². The monoisotopic (exact) mass is 183 g/mol. The van der Waals surface area contributed by atoms with Crippen LogP contribution in [0.3, 0.4) is 0 Å². The normalized spacial score (nSPS) is 37.9. The predicted molar refractivity (Wildman–Crippen MR) is 45.0 cm³/mol. The molecular formula is C7H15ClFNO. The Balaban J connectivity index is 0.000001000. The number of alkyl halides is 1. The van der Waals surface area contributed by atoms with E-state index in [4.69, 9.17) is 4.74 Å². The number of halogens is 2. The molecule has 0 spiro atoms. The minimum atomic E-state index is -1.19. The lowest BCUT2D eigenvalue weighted by atomic mass is 9.95. The molecule has 0 saturated carbocycles. The second kappa shape index (κ2) is 4.24. The van der Waals surface area contributed by atoms with Crippen molar-refractivity contribution < 1.29 is 9.13 Å². The van der Waals surface area contributed by atoms with Crippen molar-refractivity contribution in [2.75, 3.05) is 20.2 Å².